The van der Waals surface area contributed by atoms with Gasteiger partial charge >= 0.3 is 0 Å². The number of ketones is 1. The highest BCUT2D eigenvalue weighted by atomic mass is 32.2. The van der Waals surface area contributed by atoms with E-state index in [0.29, 0.717) is 13.0 Å². The number of carbonyl (C=O) groups excluding carboxylic acids is 1. The van der Waals surface area contributed by atoms with E-state index in [1.807, 2.05) is 0 Å². The molecule has 5 heteroatoms. The molecule has 0 radical (unpaired) electrons. The Balaban J connectivity index is 1.86. The predicted molar refractivity (Wildman–Crippen MR) is 62.0 cm³/mol. The summed E-state index contributed by atoms with van der Waals surface area (Å²) >= 11 is 0. The third-order valence-electron chi connectivity index (χ3n) is 3.56. The van der Waals surface area contributed by atoms with Gasteiger partial charge in [0, 0.05) is 24.9 Å². The molecule has 1 N–H and O–H groups in total. The average Bonchev–Trinajstić information content (AvgIpc) is 2.68. The zero-order valence-electron chi connectivity index (χ0n) is 9.44. The Kier molecular flexibility index (Phi) is 3.64. The summed E-state index contributed by atoms with van der Waals surface area (Å²) < 4.78 is 22.8. The van der Waals surface area contributed by atoms with Crippen molar-refractivity contribution in [1.82, 2.24) is 5.32 Å². The Hall–Kier alpha value is -0.420. The topological polar surface area (TPSA) is 63.2 Å². The Morgan fingerprint density at radius 3 is 2.56 bits per heavy atom. The maximum absolute atomic E-state index is 11.9. The first-order valence-electron chi connectivity index (χ1n) is 6.03. The largest absolute Gasteiger partial charge is 0.312 e. The number of Topliss-reactive ketones (excluding diaryl/α,β-unsaturated/α-hetero) is 1. The molecule has 0 bridgehead atoms. The van der Waals surface area contributed by atoms with Gasteiger partial charge in [-0.1, -0.05) is 12.8 Å². The molecule has 92 valence electrons. The van der Waals surface area contributed by atoms with Crippen LogP contribution >= 0.6 is 0 Å². The highest BCUT2D eigenvalue weighted by molar-refractivity contribution is 7.91. The summed E-state index contributed by atoms with van der Waals surface area (Å²) in [4.78, 5) is 11.9. The van der Waals surface area contributed by atoms with Crippen molar-refractivity contribution in [2.75, 3.05) is 18.1 Å². The van der Waals surface area contributed by atoms with Crippen LogP contribution in [-0.2, 0) is 14.6 Å². The second-order valence-electron chi connectivity index (χ2n) is 4.92. The first kappa shape index (κ1) is 12.0. The third-order valence-corrected chi connectivity index (χ3v) is 5.30. The molecule has 1 saturated carbocycles. The second kappa shape index (κ2) is 4.84. The fourth-order valence-corrected chi connectivity index (χ4v) is 4.10. The van der Waals surface area contributed by atoms with Gasteiger partial charge in [-0.3, -0.25) is 4.79 Å². The Labute approximate surface area is 96.7 Å². The highest BCUT2D eigenvalue weighted by Crippen LogP contribution is 2.27. The molecule has 4 nitrogen and oxygen atoms in total. The lowest BCUT2D eigenvalue weighted by atomic mass is 9.97. The lowest BCUT2D eigenvalue weighted by molar-refractivity contribution is -0.123. The van der Waals surface area contributed by atoms with E-state index in [0.717, 1.165) is 25.7 Å². The Morgan fingerprint density at radius 1 is 1.25 bits per heavy atom. The molecule has 1 saturated heterocycles. The molecule has 2 aliphatic rings. The number of nitrogens with one attached hydrogen (secondary N) is 1. The molecule has 1 aliphatic heterocycles. The number of rotatable bonds is 3. The van der Waals surface area contributed by atoms with Crippen molar-refractivity contribution in [2.24, 2.45) is 5.92 Å². The van der Waals surface area contributed by atoms with Gasteiger partial charge in [-0.05, 0) is 12.8 Å². The predicted octanol–water partition coefficient (Wildman–Crippen LogP) is 0.522. The van der Waals surface area contributed by atoms with Crippen molar-refractivity contribution in [3.63, 3.8) is 0 Å². The lowest BCUT2D eigenvalue weighted by Gasteiger charge is -2.24. The fourth-order valence-electron chi connectivity index (χ4n) is 2.66. The molecule has 16 heavy (non-hydrogen) atoms. The highest BCUT2D eigenvalue weighted by Gasteiger charge is 2.29. The van der Waals surface area contributed by atoms with E-state index in [2.05, 4.69) is 5.32 Å². The number of hydrogen-bond donors (Lipinski definition) is 1. The molecule has 1 unspecified atom stereocenters. The van der Waals surface area contributed by atoms with Gasteiger partial charge in [-0.15, -0.1) is 0 Å². The van der Waals surface area contributed by atoms with E-state index in [1.54, 1.807) is 0 Å². The smallest absolute Gasteiger partial charge is 0.153 e. The summed E-state index contributed by atoms with van der Waals surface area (Å²) in [5.41, 5.74) is 0. The van der Waals surface area contributed by atoms with Gasteiger partial charge in [0.15, 0.2) is 9.84 Å². The van der Waals surface area contributed by atoms with Crippen LogP contribution in [0.3, 0.4) is 0 Å². The zero-order valence-corrected chi connectivity index (χ0v) is 10.3. The summed E-state index contributed by atoms with van der Waals surface area (Å²) in [6.07, 6.45) is 4.68. The Morgan fingerprint density at radius 2 is 1.94 bits per heavy atom. The van der Waals surface area contributed by atoms with Gasteiger partial charge in [0.05, 0.1) is 11.5 Å². The third kappa shape index (κ3) is 3.04. The van der Waals surface area contributed by atoms with Gasteiger partial charge in [0.2, 0.25) is 0 Å². The standard InChI is InChI=1S/C11H19NO3S/c13-11(9-3-1-2-4-9)7-10-8-16(14,15)6-5-12-10/h9-10,12H,1-8H2. The van der Waals surface area contributed by atoms with Gasteiger partial charge < -0.3 is 5.32 Å². The molecule has 0 spiro atoms. The van der Waals surface area contributed by atoms with Crippen molar-refractivity contribution in [3.05, 3.63) is 0 Å². The number of carbonyl (C=O) groups is 1. The van der Waals surface area contributed by atoms with Crippen molar-refractivity contribution in [3.8, 4) is 0 Å². The van der Waals surface area contributed by atoms with Gasteiger partial charge in [0.25, 0.3) is 0 Å². The van der Waals surface area contributed by atoms with Gasteiger partial charge in [0.1, 0.15) is 5.78 Å². The van der Waals surface area contributed by atoms with Crippen LogP contribution in [0, 0.1) is 5.92 Å². The fraction of sp³-hybridized carbons (Fsp3) is 0.909. The van der Waals surface area contributed by atoms with E-state index in [1.165, 1.54) is 0 Å². The minimum atomic E-state index is -2.92. The molecule has 2 rings (SSSR count). The van der Waals surface area contributed by atoms with E-state index < -0.39 is 9.84 Å². The van der Waals surface area contributed by atoms with Crippen LogP contribution in [0.15, 0.2) is 0 Å². The average molecular weight is 245 g/mol. The van der Waals surface area contributed by atoms with Crippen molar-refractivity contribution in [2.45, 2.75) is 38.1 Å². The minimum Gasteiger partial charge on any atom is -0.312 e. The summed E-state index contributed by atoms with van der Waals surface area (Å²) in [7, 11) is -2.92. The van der Waals surface area contributed by atoms with E-state index in [-0.39, 0.29) is 29.2 Å². The van der Waals surface area contributed by atoms with Crippen LogP contribution in [0.2, 0.25) is 0 Å². The molecule has 0 aromatic heterocycles. The maximum atomic E-state index is 11.9. The molecule has 0 aromatic carbocycles. The van der Waals surface area contributed by atoms with E-state index in [9.17, 15) is 13.2 Å². The van der Waals surface area contributed by atoms with Crippen molar-refractivity contribution in [1.29, 1.82) is 0 Å². The van der Waals surface area contributed by atoms with Gasteiger partial charge in [-0.25, -0.2) is 8.42 Å². The first-order valence-corrected chi connectivity index (χ1v) is 7.85. The summed E-state index contributed by atoms with van der Waals surface area (Å²) in [5.74, 6) is 0.797. The summed E-state index contributed by atoms with van der Waals surface area (Å²) in [6, 6.07) is -0.146. The quantitative estimate of drug-likeness (QED) is 0.787. The normalized spacial score (nSPS) is 30.4. The van der Waals surface area contributed by atoms with Crippen LogP contribution < -0.4 is 5.32 Å². The molecular weight excluding hydrogens is 226 g/mol. The first-order chi connectivity index (χ1) is 7.57. The zero-order chi connectivity index (χ0) is 11.6. The molecule has 0 aromatic rings. The van der Waals surface area contributed by atoms with Gasteiger partial charge in [-0.2, -0.15) is 0 Å². The molecule has 2 fully saturated rings. The number of hydrogen-bond acceptors (Lipinski definition) is 4. The molecule has 0 amide bonds. The lowest BCUT2D eigenvalue weighted by Crippen LogP contribution is -2.46. The summed E-state index contributed by atoms with van der Waals surface area (Å²) in [6.45, 7) is 0.491. The molecule has 1 heterocycles. The maximum Gasteiger partial charge on any atom is 0.153 e. The summed E-state index contributed by atoms with van der Waals surface area (Å²) in [5, 5.41) is 3.13. The Bertz CT molecular complexity index is 357. The number of sulfone groups is 1. The molecule has 1 aliphatic carbocycles. The SMILES string of the molecule is O=C(CC1CS(=O)(=O)CCN1)C1CCCC1. The van der Waals surface area contributed by atoms with E-state index in [4.69, 9.17) is 0 Å². The van der Waals surface area contributed by atoms with E-state index >= 15 is 0 Å². The molecule has 1 atom stereocenters. The second-order valence-corrected chi connectivity index (χ2v) is 7.15. The van der Waals surface area contributed by atoms with Crippen LogP contribution in [0.5, 0.6) is 0 Å². The minimum absolute atomic E-state index is 0.130. The molecular formula is C11H19NO3S. The van der Waals surface area contributed by atoms with Crippen molar-refractivity contribution >= 4 is 15.6 Å². The van der Waals surface area contributed by atoms with Crippen LogP contribution in [0.25, 0.3) is 0 Å². The van der Waals surface area contributed by atoms with Crippen LogP contribution in [-0.4, -0.2) is 38.3 Å². The monoisotopic (exact) mass is 245 g/mol. The van der Waals surface area contributed by atoms with Crippen LogP contribution in [0.4, 0.5) is 0 Å². The van der Waals surface area contributed by atoms with Crippen LogP contribution in [0.1, 0.15) is 32.1 Å². The van der Waals surface area contributed by atoms with Crippen molar-refractivity contribution < 1.29 is 13.2 Å².